The van der Waals surface area contributed by atoms with Crippen molar-refractivity contribution in [3.63, 3.8) is 0 Å². The Morgan fingerprint density at radius 3 is 0.875 bits per heavy atom. The molecule has 4 nitrogen and oxygen atoms in total. The highest BCUT2D eigenvalue weighted by atomic mass is 16.3. The van der Waals surface area contributed by atoms with E-state index in [1.807, 2.05) is 6.08 Å². The molecule has 0 heterocycles. The van der Waals surface area contributed by atoms with Crippen molar-refractivity contribution in [1.82, 2.24) is 5.32 Å². The Morgan fingerprint density at radius 2 is 0.562 bits per heavy atom. The van der Waals surface area contributed by atoms with Gasteiger partial charge in [0.2, 0.25) is 5.91 Å². The zero-order valence-corrected chi connectivity index (χ0v) is 53.3. The van der Waals surface area contributed by atoms with Crippen molar-refractivity contribution < 1.29 is 15.0 Å². The lowest BCUT2D eigenvalue weighted by Gasteiger charge is -2.19. The van der Waals surface area contributed by atoms with E-state index in [9.17, 15) is 15.0 Å². The quantitative estimate of drug-likeness (QED) is 0.0420. The maximum absolute atomic E-state index is 12.5. The van der Waals surface area contributed by atoms with E-state index in [2.05, 4.69) is 116 Å². The lowest BCUT2D eigenvalue weighted by Crippen LogP contribution is -2.45. The maximum atomic E-state index is 12.5. The fraction of sp³-hybridized carbons (Fsp3) is 0.750. The first-order valence-electron chi connectivity index (χ1n) is 35.1. The first kappa shape index (κ1) is 77.0. The third-order valence-electron chi connectivity index (χ3n) is 15.7. The van der Waals surface area contributed by atoms with Gasteiger partial charge in [0.25, 0.3) is 0 Å². The van der Waals surface area contributed by atoms with Gasteiger partial charge in [0, 0.05) is 6.42 Å². The van der Waals surface area contributed by atoms with Crippen LogP contribution in [0.3, 0.4) is 0 Å². The molecular formula is C76H135NO3. The Kier molecular flexibility index (Phi) is 67.7. The van der Waals surface area contributed by atoms with Crippen LogP contribution in [0.15, 0.2) is 109 Å². The summed E-state index contributed by atoms with van der Waals surface area (Å²) in [5.74, 6) is -0.0752. The van der Waals surface area contributed by atoms with Crippen molar-refractivity contribution in [2.75, 3.05) is 6.61 Å². The molecule has 80 heavy (non-hydrogen) atoms. The van der Waals surface area contributed by atoms with Crippen LogP contribution in [0, 0.1) is 0 Å². The van der Waals surface area contributed by atoms with Gasteiger partial charge in [-0.15, -0.1) is 0 Å². The molecule has 4 heteroatoms. The molecule has 0 fully saturated rings. The van der Waals surface area contributed by atoms with Crippen LogP contribution in [-0.2, 0) is 4.79 Å². The van der Waals surface area contributed by atoms with Crippen molar-refractivity contribution in [2.24, 2.45) is 0 Å². The number of rotatable bonds is 64. The van der Waals surface area contributed by atoms with Gasteiger partial charge in [-0.1, -0.05) is 354 Å². The van der Waals surface area contributed by atoms with E-state index >= 15 is 0 Å². The van der Waals surface area contributed by atoms with Crippen LogP contribution in [-0.4, -0.2) is 34.9 Å². The standard InChI is InChI=1S/C76H135NO3/c1-3-5-7-9-11-13-15-17-19-21-23-25-27-29-31-33-34-35-36-37-38-39-40-41-42-44-46-48-50-52-54-56-58-60-62-64-66-68-70-72-76(80)77-74(73-78)75(79)71-69-67-65-63-61-59-57-55-53-51-49-47-45-43-32-30-28-26-24-22-20-18-16-14-12-10-8-6-4-2/h5,7,11,13,17,19,23,25,29,31,34-35,53,55,61,63,69,71,74-75,78-79H,3-4,6,8-10,12,14-16,18,20-22,24,26-28,30,32-33,36-52,54,56-60,62,64-68,70,72-73H2,1-2H3,(H,77,80)/b7-5-,13-11-,19-17-,25-23-,31-29-,35-34-,55-53+,63-61+,71-69+. The topological polar surface area (TPSA) is 69.6 Å². The first-order chi connectivity index (χ1) is 39.7. The van der Waals surface area contributed by atoms with Crippen molar-refractivity contribution in [3.8, 4) is 0 Å². The zero-order chi connectivity index (χ0) is 57.6. The van der Waals surface area contributed by atoms with Gasteiger partial charge >= 0.3 is 0 Å². The van der Waals surface area contributed by atoms with Gasteiger partial charge in [-0.2, -0.15) is 0 Å². The summed E-state index contributed by atoms with van der Waals surface area (Å²) >= 11 is 0. The number of aliphatic hydroxyl groups excluding tert-OH is 2. The molecule has 1 amide bonds. The van der Waals surface area contributed by atoms with E-state index in [-0.39, 0.29) is 12.5 Å². The molecule has 0 spiro atoms. The molecule has 0 aromatic rings. The lowest BCUT2D eigenvalue weighted by atomic mass is 10.0. The van der Waals surface area contributed by atoms with Crippen LogP contribution in [0.2, 0.25) is 0 Å². The van der Waals surface area contributed by atoms with Gasteiger partial charge in [0.15, 0.2) is 0 Å². The van der Waals surface area contributed by atoms with Crippen LogP contribution in [0.1, 0.15) is 348 Å². The minimum absolute atomic E-state index is 0.0752. The average molecular weight is 1110 g/mol. The summed E-state index contributed by atoms with van der Waals surface area (Å²) in [6.45, 7) is 4.21. The Labute approximate surface area is 499 Å². The molecule has 0 bridgehead atoms. The highest BCUT2D eigenvalue weighted by Gasteiger charge is 2.18. The smallest absolute Gasteiger partial charge is 0.220 e. The second kappa shape index (κ2) is 70.3. The second-order valence-electron chi connectivity index (χ2n) is 23.6. The fourth-order valence-electron chi connectivity index (χ4n) is 10.5. The van der Waals surface area contributed by atoms with Gasteiger partial charge in [0.05, 0.1) is 18.8 Å². The molecule has 462 valence electrons. The molecule has 0 aliphatic rings. The zero-order valence-electron chi connectivity index (χ0n) is 53.3. The summed E-state index contributed by atoms with van der Waals surface area (Å²) in [4.78, 5) is 12.5. The van der Waals surface area contributed by atoms with Crippen molar-refractivity contribution in [2.45, 2.75) is 360 Å². The number of allylic oxidation sites excluding steroid dienone is 17. The van der Waals surface area contributed by atoms with Crippen molar-refractivity contribution >= 4 is 5.91 Å². The number of nitrogens with one attached hydrogen (secondary N) is 1. The molecule has 0 aliphatic heterocycles. The molecule has 0 aromatic carbocycles. The first-order valence-corrected chi connectivity index (χ1v) is 35.1. The average Bonchev–Trinajstić information content (AvgIpc) is 3.46. The molecule has 0 aromatic heterocycles. The second-order valence-corrected chi connectivity index (χ2v) is 23.6. The maximum Gasteiger partial charge on any atom is 0.220 e. The Morgan fingerprint density at radius 1 is 0.312 bits per heavy atom. The van der Waals surface area contributed by atoms with Gasteiger partial charge in [-0.25, -0.2) is 0 Å². The molecule has 0 radical (unpaired) electrons. The SMILES string of the molecule is CC/C=C\C/C=C\C/C=C\C/C=C\C/C=C\C/C=C\CCCCCCCCCCCCCCCCCCCCCCC(=O)NC(CO)C(O)/C=C/CC/C=C/CC/C=C/CCCCCCCCCCCCCCCCCCCCC. The third kappa shape index (κ3) is 65.9. The minimum Gasteiger partial charge on any atom is -0.394 e. The number of amides is 1. The summed E-state index contributed by atoms with van der Waals surface area (Å²) in [7, 11) is 0. The van der Waals surface area contributed by atoms with Crippen molar-refractivity contribution in [3.05, 3.63) is 109 Å². The van der Waals surface area contributed by atoms with E-state index in [0.717, 1.165) is 77.0 Å². The van der Waals surface area contributed by atoms with Crippen LogP contribution < -0.4 is 5.32 Å². The number of hydrogen-bond donors (Lipinski definition) is 3. The van der Waals surface area contributed by atoms with Crippen molar-refractivity contribution in [1.29, 1.82) is 0 Å². The Balaban J connectivity index is 3.51. The Hall–Kier alpha value is -2.95. The molecule has 3 N–H and O–H groups in total. The predicted octanol–water partition coefficient (Wildman–Crippen LogP) is 24.2. The summed E-state index contributed by atoms with van der Waals surface area (Å²) in [6, 6.07) is -0.651. The summed E-state index contributed by atoms with van der Waals surface area (Å²) < 4.78 is 0. The summed E-state index contributed by atoms with van der Waals surface area (Å²) in [5, 5.41) is 23.3. The summed E-state index contributed by atoms with van der Waals surface area (Å²) in [5.41, 5.74) is 0. The monoisotopic (exact) mass is 1110 g/mol. The molecular weight excluding hydrogens is 975 g/mol. The van der Waals surface area contributed by atoms with E-state index in [0.29, 0.717) is 6.42 Å². The fourth-order valence-corrected chi connectivity index (χ4v) is 10.5. The molecule has 0 saturated carbocycles. The number of aliphatic hydroxyl groups is 2. The molecule has 0 rings (SSSR count). The Bertz CT molecular complexity index is 1490. The molecule has 2 unspecified atom stereocenters. The predicted molar refractivity (Wildman–Crippen MR) is 359 cm³/mol. The van der Waals surface area contributed by atoms with Crippen LogP contribution in [0.5, 0.6) is 0 Å². The third-order valence-corrected chi connectivity index (χ3v) is 15.7. The summed E-state index contributed by atoms with van der Waals surface area (Å²) in [6.07, 6.45) is 106. The number of carbonyl (C=O) groups is 1. The van der Waals surface area contributed by atoms with E-state index in [1.165, 1.54) is 250 Å². The number of unbranched alkanes of at least 4 members (excludes halogenated alkanes) is 41. The van der Waals surface area contributed by atoms with Gasteiger partial charge in [-0.05, 0) is 96.3 Å². The van der Waals surface area contributed by atoms with Gasteiger partial charge in [-0.3, -0.25) is 4.79 Å². The highest BCUT2D eigenvalue weighted by molar-refractivity contribution is 5.76. The molecule has 0 saturated heterocycles. The van der Waals surface area contributed by atoms with E-state index in [1.54, 1.807) is 6.08 Å². The van der Waals surface area contributed by atoms with Crippen LogP contribution >= 0.6 is 0 Å². The van der Waals surface area contributed by atoms with E-state index in [4.69, 9.17) is 0 Å². The normalized spacial score (nSPS) is 13.4. The van der Waals surface area contributed by atoms with Crippen LogP contribution in [0.4, 0.5) is 0 Å². The number of hydrogen-bond acceptors (Lipinski definition) is 3. The minimum atomic E-state index is -0.876. The van der Waals surface area contributed by atoms with Gasteiger partial charge in [0.1, 0.15) is 0 Å². The molecule has 2 atom stereocenters. The van der Waals surface area contributed by atoms with Crippen LogP contribution in [0.25, 0.3) is 0 Å². The largest absolute Gasteiger partial charge is 0.394 e. The van der Waals surface area contributed by atoms with E-state index < -0.39 is 12.1 Å². The number of carbonyl (C=O) groups excluding carboxylic acids is 1. The lowest BCUT2D eigenvalue weighted by molar-refractivity contribution is -0.123. The molecule has 0 aliphatic carbocycles. The highest BCUT2D eigenvalue weighted by Crippen LogP contribution is 2.18. The van der Waals surface area contributed by atoms with Gasteiger partial charge < -0.3 is 15.5 Å².